The highest BCUT2D eigenvalue weighted by atomic mass is 16.5. The van der Waals surface area contributed by atoms with Crippen molar-refractivity contribution in [1.29, 1.82) is 0 Å². The van der Waals surface area contributed by atoms with Crippen LogP contribution >= 0.6 is 0 Å². The maximum Gasteiger partial charge on any atom is 0.219 e. The second-order valence-electron chi connectivity index (χ2n) is 8.30. The quantitative estimate of drug-likeness (QED) is 0.855. The van der Waals surface area contributed by atoms with E-state index in [1.165, 1.54) is 0 Å². The lowest BCUT2D eigenvalue weighted by atomic mass is 9.84. The van der Waals surface area contributed by atoms with Crippen LogP contribution in [0.25, 0.3) is 11.0 Å². The maximum absolute atomic E-state index is 11.8. The number of nitrogens with one attached hydrogen (secondary N) is 1. The van der Waals surface area contributed by atoms with Crippen LogP contribution in [0.2, 0.25) is 0 Å². The number of furan rings is 1. The number of methoxy groups -OCH3 is 1. The number of benzene rings is 1. The Morgan fingerprint density at radius 1 is 1.28 bits per heavy atom. The van der Waals surface area contributed by atoms with Gasteiger partial charge in [0, 0.05) is 50.4 Å². The zero-order valence-corrected chi connectivity index (χ0v) is 17.4. The lowest BCUT2D eigenvalue weighted by molar-refractivity contribution is -0.131. The van der Waals surface area contributed by atoms with Gasteiger partial charge >= 0.3 is 0 Å². The number of carbonyl (C=O) groups is 2. The number of hydrogen-bond donors (Lipinski definition) is 1. The molecule has 2 amide bonds. The number of nitrogens with zero attached hydrogens (tertiary/aromatic N) is 2. The Morgan fingerprint density at radius 3 is 2.69 bits per heavy atom. The lowest BCUT2D eigenvalue weighted by Gasteiger charge is -2.44. The van der Waals surface area contributed by atoms with Crippen molar-refractivity contribution in [3.05, 3.63) is 30.0 Å². The van der Waals surface area contributed by atoms with Crippen molar-refractivity contribution >= 4 is 22.8 Å². The standard InChI is InChI=1S/C22H29N3O4/c1-15(26)23-18-12-22(7-9-24(10-8-22)16(2)27)25(13-18)14-19-11-17-5-4-6-20(28-3)21(17)29-19/h4-6,11,18H,7-10,12-14H2,1-3H3,(H,23,26)/t18-/m1/s1. The molecule has 0 saturated carbocycles. The highest BCUT2D eigenvalue weighted by Crippen LogP contribution is 2.40. The van der Waals surface area contributed by atoms with E-state index in [0.717, 1.165) is 61.4 Å². The molecule has 1 atom stereocenters. The molecule has 2 aliphatic heterocycles. The molecule has 7 heteroatoms. The predicted molar refractivity (Wildman–Crippen MR) is 110 cm³/mol. The van der Waals surface area contributed by atoms with E-state index in [1.807, 2.05) is 23.1 Å². The number of carbonyl (C=O) groups excluding carboxylic acids is 2. The summed E-state index contributed by atoms with van der Waals surface area (Å²) in [5, 5.41) is 4.12. The average Bonchev–Trinajstić information content (AvgIpc) is 3.22. The molecule has 3 heterocycles. The maximum atomic E-state index is 11.8. The van der Waals surface area contributed by atoms with Crippen LogP contribution in [0, 0.1) is 0 Å². The Kier molecular flexibility index (Phi) is 5.25. The van der Waals surface area contributed by atoms with Crippen molar-refractivity contribution in [1.82, 2.24) is 15.1 Å². The SMILES string of the molecule is COc1cccc2cc(CN3C[C@H](NC(C)=O)CC34CCN(C(C)=O)CC4)oc12. The summed E-state index contributed by atoms with van der Waals surface area (Å²) in [5.74, 6) is 1.76. The van der Waals surface area contributed by atoms with Gasteiger partial charge in [-0.15, -0.1) is 0 Å². The summed E-state index contributed by atoms with van der Waals surface area (Å²) in [5.41, 5.74) is 0.741. The summed E-state index contributed by atoms with van der Waals surface area (Å²) in [6, 6.07) is 8.08. The van der Waals surface area contributed by atoms with Crippen molar-refractivity contribution < 1.29 is 18.7 Å². The first kappa shape index (κ1) is 19.8. The molecule has 1 N–H and O–H groups in total. The summed E-state index contributed by atoms with van der Waals surface area (Å²) in [6.45, 7) is 6.17. The minimum atomic E-state index is -0.0257. The molecule has 7 nitrogen and oxygen atoms in total. The third kappa shape index (κ3) is 3.83. The molecule has 0 unspecified atom stereocenters. The first-order chi connectivity index (χ1) is 13.9. The minimum absolute atomic E-state index is 0.00152. The molecule has 1 aromatic heterocycles. The number of hydrogen-bond acceptors (Lipinski definition) is 5. The second-order valence-corrected chi connectivity index (χ2v) is 8.30. The first-order valence-electron chi connectivity index (χ1n) is 10.2. The Labute approximate surface area is 171 Å². The fraction of sp³-hybridized carbons (Fsp3) is 0.545. The molecule has 0 aliphatic carbocycles. The molecule has 156 valence electrons. The van der Waals surface area contributed by atoms with Gasteiger partial charge in [0.25, 0.3) is 0 Å². The van der Waals surface area contributed by atoms with Crippen LogP contribution in [0.15, 0.2) is 28.7 Å². The van der Waals surface area contributed by atoms with Crippen LogP contribution in [-0.4, -0.2) is 59.9 Å². The molecule has 2 fully saturated rings. The molecule has 2 aliphatic rings. The molecule has 1 aromatic carbocycles. The topological polar surface area (TPSA) is 75.0 Å². The lowest BCUT2D eigenvalue weighted by Crippen LogP contribution is -2.52. The molecule has 29 heavy (non-hydrogen) atoms. The van der Waals surface area contributed by atoms with Crippen LogP contribution in [0.5, 0.6) is 5.75 Å². The zero-order chi connectivity index (χ0) is 20.6. The highest BCUT2D eigenvalue weighted by molar-refractivity contribution is 5.83. The largest absolute Gasteiger partial charge is 0.493 e. The van der Waals surface area contributed by atoms with Crippen molar-refractivity contribution in [2.45, 2.75) is 51.2 Å². The number of rotatable bonds is 4. The van der Waals surface area contributed by atoms with Gasteiger partial charge < -0.3 is 19.4 Å². The average molecular weight is 399 g/mol. The van der Waals surface area contributed by atoms with E-state index in [9.17, 15) is 9.59 Å². The van der Waals surface area contributed by atoms with Gasteiger partial charge in [-0.05, 0) is 31.4 Å². The number of likely N-dealkylation sites (tertiary alicyclic amines) is 2. The molecule has 0 bridgehead atoms. The van der Waals surface area contributed by atoms with E-state index in [2.05, 4.69) is 16.3 Å². The van der Waals surface area contributed by atoms with Gasteiger partial charge in [0.1, 0.15) is 5.76 Å². The molecule has 2 saturated heterocycles. The molecule has 4 rings (SSSR count). The van der Waals surface area contributed by atoms with Crippen LogP contribution in [0.3, 0.4) is 0 Å². The van der Waals surface area contributed by atoms with Gasteiger partial charge in [0.05, 0.1) is 13.7 Å². The van der Waals surface area contributed by atoms with Crippen LogP contribution < -0.4 is 10.1 Å². The molecule has 0 radical (unpaired) electrons. The van der Waals surface area contributed by atoms with E-state index in [1.54, 1.807) is 21.0 Å². The van der Waals surface area contributed by atoms with Crippen LogP contribution in [-0.2, 0) is 16.1 Å². The smallest absolute Gasteiger partial charge is 0.219 e. The fourth-order valence-corrected chi connectivity index (χ4v) is 5.00. The minimum Gasteiger partial charge on any atom is -0.493 e. The van der Waals surface area contributed by atoms with Gasteiger partial charge in [-0.2, -0.15) is 0 Å². The van der Waals surface area contributed by atoms with Crippen LogP contribution in [0.4, 0.5) is 0 Å². The Balaban J connectivity index is 1.58. The fourth-order valence-electron chi connectivity index (χ4n) is 5.00. The van der Waals surface area contributed by atoms with Gasteiger partial charge in [-0.25, -0.2) is 0 Å². The van der Waals surface area contributed by atoms with Gasteiger partial charge in [-0.1, -0.05) is 12.1 Å². The van der Waals surface area contributed by atoms with E-state index in [-0.39, 0.29) is 23.4 Å². The van der Waals surface area contributed by atoms with Crippen molar-refractivity contribution in [3.8, 4) is 5.75 Å². The monoisotopic (exact) mass is 399 g/mol. The summed E-state index contributed by atoms with van der Waals surface area (Å²) < 4.78 is 11.6. The van der Waals surface area contributed by atoms with E-state index >= 15 is 0 Å². The summed E-state index contributed by atoms with van der Waals surface area (Å²) >= 11 is 0. The van der Waals surface area contributed by atoms with Crippen molar-refractivity contribution in [2.24, 2.45) is 0 Å². The highest BCUT2D eigenvalue weighted by Gasteiger charge is 2.47. The van der Waals surface area contributed by atoms with Crippen molar-refractivity contribution in [2.75, 3.05) is 26.7 Å². The number of fused-ring (bicyclic) bond motifs is 1. The number of ether oxygens (including phenoxy) is 1. The molecular weight excluding hydrogens is 370 g/mol. The van der Waals surface area contributed by atoms with Gasteiger partial charge in [-0.3, -0.25) is 14.5 Å². The van der Waals surface area contributed by atoms with Gasteiger partial charge in [0.15, 0.2) is 11.3 Å². The van der Waals surface area contributed by atoms with E-state index in [0.29, 0.717) is 6.54 Å². The Bertz CT molecular complexity index is 914. The third-order valence-electron chi connectivity index (χ3n) is 6.41. The molecule has 2 aromatic rings. The second kappa shape index (κ2) is 7.71. The Hall–Kier alpha value is -2.54. The van der Waals surface area contributed by atoms with Crippen molar-refractivity contribution in [3.63, 3.8) is 0 Å². The third-order valence-corrected chi connectivity index (χ3v) is 6.41. The summed E-state index contributed by atoms with van der Waals surface area (Å²) in [6.07, 6.45) is 2.72. The van der Waals surface area contributed by atoms with E-state index < -0.39 is 0 Å². The Morgan fingerprint density at radius 2 is 2.03 bits per heavy atom. The van der Waals surface area contributed by atoms with E-state index in [4.69, 9.17) is 9.15 Å². The number of amides is 2. The van der Waals surface area contributed by atoms with Gasteiger partial charge in [0.2, 0.25) is 11.8 Å². The predicted octanol–water partition coefficient (Wildman–Crippen LogP) is 2.53. The number of para-hydroxylation sites is 1. The molecular formula is C22H29N3O4. The zero-order valence-electron chi connectivity index (χ0n) is 17.4. The van der Waals surface area contributed by atoms with Crippen LogP contribution in [0.1, 0.15) is 38.9 Å². The first-order valence-corrected chi connectivity index (χ1v) is 10.2. The number of piperidine rings is 1. The molecule has 1 spiro atoms. The normalized spacial score (nSPS) is 21.6. The summed E-state index contributed by atoms with van der Waals surface area (Å²) in [7, 11) is 1.65. The summed E-state index contributed by atoms with van der Waals surface area (Å²) in [4.78, 5) is 27.8.